The van der Waals surface area contributed by atoms with Crippen molar-refractivity contribution in [3.05, 3.63) is 36.0 Å². The number of para-hydroxylation sites is 1. The summed E-state index contributed by atoms with van der Waals surface area (Å²) in [5.41, 5.74) is 3.02. The van der Waals surface area contributed by atoms with Gasteiger partial charge in [-0.25, -0.2) is 0 Å². The van der Waals surface area contributed by atoms with Crippen LogP contribution in [-0.4, -0.2) is 4.57 Å². The highest BCUT2D eigenvalue weighted by atomic mass is 15.1. The smallest absolute Gasteiger partial charge is 0.0487 e. The van der Waals surface area contributed by atoms with Gasteiger partial charge in [0, 0.05) is 16.7 Å². The van der Waals surface area contributed by atoms with Crippen molar-refractivity contribution in [2.75, 3.05) is 0 Å². The van der Waals surface area contributed by atoms with E-state index in [1.165, 1.54) is 48.7 Å². The van der Waals surface area contributed by atoms with E-state index in [4.69, 9.17) is 0 Å². The van der Waals surface area contributed by atoms with Crippen molar-refractivity contribution >= 4 is 10.9 Å². The molecule has 0 unspecified atom stereocenters. The number of hydrogen-bond acceptors (Lipinski definition) is 0. The van der Waals surface area contributed by atoms with Crippen LogP contribution in [0.2, 0.25) is 0 Å². The van der Waals surface area contributed by atoms with E-state index in [-0.39, 0.29) is 5.54 Å². The number of aryl methyl sites for hydroxylation is 1. The largest absolute Gasteiger partial charge is 0.339 e. The molecular formula is C18H27N. The van der Waals surface area contributed by atoms with Gasteiger partial charge in [-0.15, -0.1) is 0 Å². The van der Waals surface area contributed by atoms with Gasteiger partial charge in [0.1, 0.15) is 0 Å². The average molecular weight is 257 g/mol. The van der Waals surface area contributed by atoms with Gasteiger partial charge in [0.05, 0.1) is 0 Å². The van der Waals surface area contributed by atoms with Crippen molar-refractivity contribution in [3.63, 3.8) is 0 Å². The molecule has 1 heteroatoms. The minimum absolute atomic E-state index is 0.156. The van der Waals surface area contributed by atoms with Crippen LogP contribution >= 0.6 is 0 Å². The Bertz CT molecular complexity index is 528. The minimum atomic E-state index is 0.156. The lowest BCUT2D eigenvalue weighted by Gasteiger charge is -2.26. The Kier molecular flexibility index (Phi) is 4.34. The zero-order valence-corrected chi connectivity index (χ0v) is 12.9. The number of nitrogens with zero attached hydrogens (tertiary/aromatic N) is 1. The topological polar surface area (TPSA) is 4.93 Å². The molecule has 1 aromatic carbocycles. The van der Waals surface area contributed by atoms with Gasteiger partial charge in [-0.2, -0.15) is 0 Å². The summed E-state index contributed by atoms with van der Waals surface area (Å²) in [7, 11) is 0. The molecule has 0 fully saturated rings. The third kappa shape index (κ3) is 3.20. The number of benzene rings is 1. The molecule has 19 heavy (non-hydrogen) atoms. The first-order chi connectivity index (χ1) is 9.04. The Hall–Kier alpha value is -1.24. The quantitative estimate of drug-likeness (QED) is 0.622. The summed E-state index contributed by atoms with van der Waals surface area (Å²) in [6.45, 7) is 9.17. The summed E-state index contributed by atoms with van der Waals surface area (Å²) in [6.07, 6.45) is 6.52. The summed E-state index contributed by atoms with van der Waals surface area (Å²) in [4.78, 5) is 0. The second-order valence-corrected chi connectivity index (χ2v) is 6.51. The second kappa shape index (κ2) is 5.81. The molecule has 0 aliphatic heterocycles. The van der Waals surface area contributed by atoms with Crippen molar-refractivity contribution < 1.29 is 0 Å². The number of hydrogen-bond donors (Lipinski definition) is 0. The lowest BCUT2D eigenvalue weighted by atomic mass is 10.1. The van der Waals surface area contributed by atoms with Gasteiger partial charge < -0.3 is 4.57 Å². The molecule has 0 amide bonds. The third-order valence-corrected chi connectivity index (χ3v) is 3.74. The van der Waals surface area contributed by atoms with E-state index in [1.807, 2.05) is 0 Å². The molecule has 0 saturated heterocycles. The van der Waals surface area contributed by atoms with Gasteiger partial charge >= 0.3 is 0 Å². The molecule has 0 aliphatic carbocycles. The Balaban J connectivity index is 2.31. The van der Waals surface area contributed by atoms with Crippen LogP contribution in [-0.2, 0) is 12.0 Å². The average Bonchev–Trinajstić information content (AvgIpc) is 2.72. The Labute approximate surface area is 117 Å². The molecule has 1 aromatic heterocycles. The fourth-order valence-corrected chi connectivity index (χ4v) is 2.92. The van der Waals surface area contributed by atoms with Gasteiger partial charge in [0.25, 0.3) is 0 Å². The van der Waals surface area contributed by atoms with Crippen molar-refractivity contribution in [2.24, 2.45) is 0 Å². The lowest BCUT2D eigenvalue weighted by molar-refractivity contribution is 0.396. The summed E-state index contributed by atoms with van der Waals surface area (Å²) in [6, 6.07) is 11.1. The highest BCUT2D eigenvalue weighted by molar-refractivity contribution is 5.81. The Morgan fingerprint density at radius 1 is 1.00 bits per heavy atom. The van der Waals surface area contributed by atoms with E-state index in [0.717, 1.165) is 0 Å². The third-order valence-electron chi connectivity index (χ3n) is 3.74. The monoisotopic (exact) mass is 257 g/mol. The number of unbranched alkanes of at least 4 members (excludes halogenated alkanes) is 3. The number of rotatable bonds is 5. The predicted octanol–water partition coefficient (Wildman–Crippen LogP) is 5.52. The number of aromatic nitrogens is 1. The molecule has 0 spiro atoms. The zero-order valence-electron chi connectivity index (χ0n) is 12.9. The summed E-state index contributed by atoms with van der Waals surface area (Å²) >= 11 is 0. The molecule has 1 nitrogen and oxygen atoms in total. The van der Waals surface area contributed by atoms with Crippen LogP contribution in [0.1, 0.15) is 59.1 Å². The van der Waals surface area contributed by atoms with Crippen LogP contribution < -0.4 is 0 Å². The lowest BCUT2D eigenvalue weighted by Crippen LogP contribution is -2.23. The van der Waals surface area contributed by atoms with Crippen molar-refractivity contribution in [1.82, 2.24) is 4.57 Å². The molecule has 1 heterocycles. The molecular weight excluding hydrogens is 230 g/mol. The molecule has 0 saturated carbocycles. The molecule has 0 atom stereocenters. The first-order valence-corrected chi connectivity index (χ1v) is 7.64. The van der Waals surface area contributed by atoms with Gasteiger partial charge in [-0.3, -0.25) is 0 Å². The summed E-state index contributed by atoms with van der Waals surface area (Å²) in [5.74, 6) is 0. The molecule has 0 N–H and O–H groups in total. The first kappa shape index (κ1) is 14.2. The fourth-order valence-electron chi connectivity index (χ4n) is 2.92. The van der Waals surface area contributed by atoms with Crippen LogP contribution in [0.25, 0.3) is 10.9 Å². The van der Waals surface area contributed by atoms with Crippen LogP contribution in [0.4, 0.5) is 0 Å². The first-order valence-electron chi connectivity index (χ1n) is 7.64. The van der Waals surface area contributed by atoms with Crippen molar-refractivity contribution in [2.45, 2.75) is 65.3 Å². The van der Waals surface area contributed by atoms with Crippen LogP contribution in [0, 0.1) is 0 Å². The number of fused-ring (bicyclic) bond motifs is 1. The highest BCUT2D eigenvalue weighted by Crippen LogP contribution is 2.28. The summed E-state index contributed by atoms with van der Waals surface area (Å²) in [5, 5.41) is 1.38. The normalized spacial score (nSPS) is 12.2. The zero-order chi connectivity index (χ0) is 13.9. The molecule has 2 rings (SSSR count). The molecule has 0 radical (unpaired) electrons. The Morgan fingerprint density at radius 2 is 1.74 bits per heavy atom. The maximum atomic E-state index is 2.52. The molecule has 0 bridgehead atoms. The van der Waals surface area contributed by atoms with Gasteiger partial charge in [0.2, 0.25) is 0 Å². The molecule has 104 valence electrons. The van der Waals surface area contributed by atoms with Crippen LogP contribution in [0.5, 0.6) is 0 Å². The maximum Gasteiger partial charge on any atom is 0.0487 e. The van der Waals surface area contributed by atoms with Gasteiger partial charge in [0.15, 0.2) is 0 Å². The van der Waals surface area contributed by atoms with Crippen molar-refractivity contribution in [1.29, 1.82) is 0 Å². The summed E-state index contributed by atoms with van der Waals surface area (Å²) < 4.78 is 2.52. The van der Waals surface area contributed by atoms with E-state index >= 15 is 0 Å². The van der Waals surface area contributed by atoms with E-state index in [0.29, 0.717) is 0 Å². The predicted molar refractivity (Wildman–Crippen MR) is 84.8 cm³/mol. The van der Waals surface area contributed by atoms with E-state index < -0.39 is 0 Å². The maximum absolute atomic E-state index is 2.52. The van der Waals surface area contributed by atoms with Gasteiger partial charge in [-0.1, -0.05) is 44.4 Å². The van der Waals surface area contributed by atoms with E-state index in [1.54, 1.807) is 0 Å². The highest BCUT2D eigenvalue weighted by Gasteiger charge is 2.19. The van der Waals surface area contributed by atoms with Crippen molar-refractivity contribution in [3.8, 4) is 0 Å². The van der Waals surface area contributed by atoms with Crippen LogP contribution in [0.3, 0.4) is 0 Å². The minimum Gasteiger partial charge on any atom is -0.339 e. The fraction of sp³-hybridized carbons (Fsp3) is 0.556. The SMILES string of the molecule is CCCCCCc1cc2ccccc2n1C(C)(C)C. The second-order valence-electron chi connectivity index (χ2n) is 6.51. The Morgan fingerprint density at radius 3 is 2.42 bits per heavy atom. The molecule has 0 aliphatic rings. The van der Waals surface area contributed by atoms with Crippen LogP contribution in [0.15, 0.2) is 30.3 Å². The molecule has 2 aromatic rings. The van der Waals surface area contributed by atoms with Gasteiger partial charge in [-0.05, 0) is 51.1 Å². The standard InChI is InChI=1S/C18H27N/c1-5-6-7-8-12-16-14-15-11-9-10-13-17(15)19(16)18(2,3)4/h9-11,13-14H,5-8,12H2,1-4H3. The van der Waals surface area contributed by atoms with E-state index in [9.17, 15) is 0 Å². The van der Waals surface area contributed by atoms with E-state index in [2.05, 4.69) is 62.6 Å².